The molecule has 0 aliphatic carbocycles. The SMILES string of the molecule is O=C(NCCc1ccc[nH]1)c1ccnc(C(=O)O)c1. The van der Waals surface area contributed by atoms with Crippen molar-refractivity contribution in [1.82, 2.24) is 15.3 Å². The third-order valence-electron chi connectivity index (χ3n) is 2.58. The van der Waals surface area contributed by atoms with E-state index in [1.54, 1.807) is 0 Å². The van der Waals surface area contributed by atoms with E-state index in [-0.39, 0.29) is 11.6 Å². The first-order valence-electron chi connectivity index (χ1n) is 5.76. The molecular weight excluding hydrogens is 246 g/mol. The van der Waals surface area contributed by atoms with Gasteiger partial charge in [0, 0.05) is 36.6 Å². The summed E-state index contributed by atoms with van der Waals surface area (Å²) in [4.78, 5) is 29.2. The molecule has 2 rings (SSSR count). The van der Waals surface area contributed by atoms with Crippen LogP contribution in [0.3, 0.4) is 0 Å². The molecule has 0 aromatic carbocycles. The number of hydrogen-bond acceptors (Lipinski definition) is 3. The van der Waals surface area contributed by atoms with Crippen molar-refractivity contribution in [3.05, 3.63) is 53.6 Å². The summed E-state index contributed by atoms with van der Waals surface area (Å²) >= 11 is 0. The van der Waals surface area contributed by atoms with E-state index in [4.69, 9.17) is 5.11 Å². The average molecular weight is 259 g/mol. The van der Waals surface area contributed by atoms with E-state index in [2.05, 4.69) is 15.3 Å². The maximum absolute atomic E-state index is 11.8. The number of carboxylic acids is 1. The molecule has 0 atom stereocenters. The van der Waals surface area contributed by atoms with Gasteiger partial charge >= 0.3 is 5.97 Å². The molecule has 2 aromatic heterocycles. The van der Waals surface area contributed by atoms with Gasteiger partial charge in [0.25, 0.3) is 5.91 Å². The number of rotatable bonds is 5. The predicted molar refractivity (Wildman–Crippen MR) is 68.0 cm³/mol. The van der Waals surface area contributed by atoms with Crippen molar-refractivity contribution in [2.24, 2.45) is 0 Å². The normalized spacial score (nSPS) is 10.1. The van der Waals surface area contributed by atoms with Crippen LogP contribution in [0.1, 0.15) is 26.5 Å². The van der Waals surface area contributed by atoms with Crippen LogP contribution in [0, 0.1) is 0 Å². The van der Waals surface area contributed by atoms with Gasteiger partial charge in [0.15, 0.2) is 0 Å². The Labute approximate surface area is 109 Å². The van der Waals surface area contributed by atoms with Gasteiger partial charge < -0.3 is 15.4 Å². The standard InChI is InChI=1S/C13H13N3O3/c17-12(16-7-4-10-2-1-5-14-10)9-3-6-15-11(8-9)13(18)19/h1-3,5-6,8,14H,4,7H2,(H,16,17)(H,18,19). The number of amides is 1. The van der Waals surface area contributed by atoms with E-state index in [1.807, 2.05) is 18.3 Å². The zero-order valence-corrected chi connectivity index (χ0v) is 10.1. The Morgan fingerprint density at radius 1 is 1.37 bits per heavy atom. The van der Waals surface area contributed by atoms with Crippen LogP contribution in [-0.2, 0) is 6.42 Å². The number of aromatic carboxylic acids is 1. The van der Waals surface area contributed by atoms with Crippen molar-refractivity contribution < 1.29 is 14.7 Å². The number of carboxylic acid groups (broad SMARTS) is 1. The van der Waals surface area contributed by atoms with Crippen LogP contribution >= 0.6 is 0 Å². The van der Waals surface area contributed by atoms with Gasteiger partial charge in [0.2, 0.25) is 0 Å². The molecule has 3 N–H and O–H groups in total. The van der Waals surface area contributed by atoms with Crippen molar-refractivity contribution in [2.75, 3.05) is 6.54 Å². The lowest BCUT2D eigenvalue weighted by Crippen LogP contribution is -2.26. The second-order valence-corrected chi connectivity index (χ2v) is 3.94. The number of aromatic nitrogens is 2. The summed E-state index contributed by atoms with van der Waals surface area (Å²) in [6.07, 6.45) is 3.82. The second-order valence-electron chi connectivity index (χ2n) is 3.94. The van der Waals surface area contributed by atoms with E-state index in [0.29, 0.717) is 18.5 Å². The number of hydrogen-bond donors (Lipinski definition) is 3. The number of H-pyrrole nitrogens is 1. The fourth-order valence-corrected chi connectivity index (χ4v) is 1.62. The van der Waals surface area contributed by atoms with Crippen LogP contribution in [0.2, 0.25) is 0 Å². The van der Waals surface area contributed by atoms with Gasteiger partial charge in [-0.25, -0.2) is 9.78 Å². The smallest absolute Gasteiger partial charge is 0.354 e. The van der Waals surface area contributed by atoms with Crippen molar-refractivity contribution in [2.45, 2.75) is 6.42 Å². The average Bonchev–Trinajstić information content (AvgIpc) is 2.92. The minimum absolute atomic E-state index is 0.142. The molecular formula is C13H13N3O3. The zero-order chi connectivity index (χ0) is 13.7. The molecule has 2 aromatic rings. The van der Waals surface area contributed by atoms with Gasteiger partial charge in [-0.05, 0) is 24.3 Å². The Hall–Kier alpha value is -2.63. The number of carbonyl (C=O) groups is 2. The number of aromatic amines is 1. The lowest BCUT2D eigenvalue weighted by atomic mass is 10.2. The Bertz CT molecular complexity index is 579. The molecule has 0 spiro atoms. The van der Waals surface area contributed by atoms with Gasteiger partial charge in [-0.2, -0.15) is 0 Å². The van der Waals surface area contributed by atoms with E-state index in [1.165, 1.54) is 18.3 Å². The molecule has 6 nitrogen and oxygen atoms in total. The molecule has 6 heteroatoms. The zero-order valence-electron chi connectivity index (χ0n) is 10.1. The molecule has 0 aliphatic heterocycles. The Morgan fingerprint density at radius 3 is 2.89 bits per heavy atom. The van der Waals surface area contributed by atoms with Gasteiger partial charge in [0.05, 0.1) is 0 Å². The lowest BCUT2D eigenvalue weighted by Gasteiger charge is -2.04. The highest BCUT2D eigenvalue weighted by Crippen LogP contribution is 2.02. The summed E-state index contributed by atoms with van der Waals surface area (Å²) in [6.45, 7) is 0.476. The summed E-state index contributed by atoms with van der Waals surface area (Å²) in [5.74, 6) is -1.46. The van der Waals surface area contributed by atoms with Crippen LogP contribution in [-0.4, -0.2) is 33.5 Å². The van der Waals surface area contributed by atoms with Gasteiger partial charge in [-0.3, -0.25) is 4.79 Å². The first-order chi connectivity index (χ1) is 9.16. The van der Waals surface area contributed by atoms with Gasteiger partial charge in [-0.15, -0.1) is 0 Å². The highest BCUT2D eigenvalue weighted by atomic mass is 16.4. The van der Waals surface area contributed by atoms with Crippen LogP contribution in [0.25, 0.3) is 0 Å². The molecule has 0 saturated carbocycles. The number of nitrogens with zero attached hydrogens (tertiary/aromatic N) is 1. The molecule has 0 fully saturated rings. The summed E-state index contributed by atoms with van der Waals surface area (Å²) in [5, 5.41) is 11.5. The quantitative estimate of drug-likeness (QED) is 0.748. The third kappa shape index (κ3) is 3.41. The number of carbonyl (C=O) groups excluding carboxylic acids is 1. The van der Waals surface area contributed by atoms with E-state index in [9.17, 15) is 9.59 Å². The molecule has 0 unspecified atom stereocenters. The Balaban J connectivity index is 1.92. The maximum atomic E-state index is 11.8. The van der Waals surface area contributed by atoms with Crippen LogP contribution in [0.5, 0.6) is 0 Å². The molecule has 0 bridgehead atoms. The maximum Gasteiger partial charge on any atom is 0.354 e. The van der Waals surface area contributed by atoms with Gasteiger partial charge in [-0.1, -0.05) is 0 Å². The van der Waals surface area contributed by atoms with Gasteiger partial charge in [0.1, 0.15) is 5.69 Å². The molecule has 19 heavy (non-hydrogen) atoms. The fraction of sp³-hybridized carbons (Fsp3) is 0.154. The summed E-state index contributed by atoms with van der Waals surface area (Å²) in [6, 6.07) is 6.56. The summed E-state index contributed by atoms with van der Waals surface area (Å²) in [5.41, 5.74) is 1.18. The van der Waals surface area contributed by atoms with Crippen LogP contribution in [0.15, 0.2) is 36.7 Å². The fourth-order valence-electron chi connectivity index (χ4n) is 1.62. The second kappa shape index (κ2) is 5.81. The monoisotopic (exact) mass is 259 g/mol. The summed E-state index contributed by atoms with van der Waals surface area (Å²) in [7, 11) is 0. The summed E-state index contributed by atoms with van der Waals surface area (Å²) < 4.78 is 0. The Kier molecular flexibility index (Phi) is 3.92. The number of nitrogens with one attached hydrogen (secondary N) is 2. The highest BCUT2D eigenvalue weighted by molar-refractivity contribution is 5.96. The predicted octanol–water partition coefficient (Wildman–Crippen LogP) is 1.08. The number of pyridine rings is 1. The minimum atomic E-state index is -1.15. The molecule has 0 radical (unpaired) electrons. The van der Waals surface area contributed by atoms with Crippen LogP contribution < -0.4 is 5.32 Å². The van der Waals surface area contributed by atoms with E-state index in [0.717, 1.165) is 5.69 Å². The van der Waals surface area contributed by atoms with E-state index < -0.39 is 5.97 Å². The Morgan fingerprint density at radius 2 is 2.21 bits per heavy atom. The molecule has 98 valence electrons. The molecule has 0 saturated heterocycles. The molecule has 1 amide bonds. The van der Waals surface area contributed by atoms with Crippen molar-refractivity contribution in [1.29, 1.82) is 0 Å². The third-order valence-corrected chi connectivity index (χ3v) is 2.58. The first-order valence-corrected chi connectivity index (χ1v) is 5.76. The highest BCUT2D eigenvalue weighted by Gasteiger charge is 2.10. The topological polar surface area (TPSA) is 95.1 Å². The lowest BCUT2D eigenvalue weighted by molar-refractivity contribution is 0.0690. The minimum Gasteiger partial charge on any atom is -0.477 e. The van der Waals surface area contributed by atoms with Crippen molar-refractivity contribution >= 4 is 11.9 Å². The largest absolute Gasteiger partial charge is 0.477 e. The van der Waals surface area contributed by atoms with Crippen LogP contribution in [0.4, 0.5) is 0 Å². The van der Waals surface area contributed by atoms with E-state index >= 15 is 0 Å². The first kappa shape index (κ1) is 12.8. The van der Waals surface area contributed by atoms with Crippen molar-refractivity contribution in [3.63, 3.8) is 0 Å². The van der Waals surface area contributed by atoms with Crippen molar-refractivity contribution in [3.8, 4) is 0 Å². The molecule has 2 heterocycles. The molecule has 0 aliphatic rings.